The standard InChI is InChI=1S/C14H14N4O3S.ClH/c1-8(15-2)5-13-16-14(21-17-13)12-7-9-6-10(18(19)20)3-4-11(9)22-12;/h3-4,6-8,15H,5H2,1-2H3;1H. The fourth-order valence-electron chi connectivity index (χ4n) is 2.06. The van der Waals surface area contributed by atoms with E-state index in [4.69, 9.17) is 4.52 Å². The largest absolute Gasteiger partial charge is 0.333 e. The van der Waals surface area contributed by atoms with E-state index in [-0.39, 0.29) is 24.1 Å². The number of benzene rings is 1. The molecule has 0 radical (unpaired) electrons. The van der Waals surface area contributed by atoms with Crippen LogP contribution in [0.4, 0.5) is 5.69 Å². The Morgan fingerprint density at radius 1 is 1.43 bits per heavy atom. The molecule has 1 unspecified atom stereocenters. The van der Waals surface area contributed by atoms with Crippen molar-refractivity contribution in [1.29, 1.82) is 0 Å². The summed E-state index contributed by atoms with van der Waals surface area (Å²) < 4.78 is 6.24. The number of hydrogen-bond donors (Lipinski definition) is 1. The first-order valence-electron chi connectivity index (χ1n) is 6.75. The van der Waals surface area contributed by atoms with Gasteiger partial charge in [0.1, 0.15) is 0 Å². The van der Waals surface area contributed by atoms with E-state index in [0.717, 1.165) is 15.0 Å². The van der Waals surface area contributed by atoms with Crippen LogP contribution in [-0.4, -0.2) is 28.2 Å². The lowest BCUT2D eigenvalue weighted by molar-refractivity contribution is -0.384. The first kappa shape index (κ1) is 17.3. The molecule has 0 saturated carbocycles. The van der Waals surface area contributed by atoms with E-state index in [2.05, 4.69) is 15.5 Å². The first-order valence-corrected chi connectivity index (χ1v) is 7.56. The number of non-ortho nitro benzene ring substituents is 1. The van der Waals surface area contributed by atoms with Gasteiger partial charge in [-0.25, -0.2) is 0 Å². The van der Waals surface area contributed by atoms with Crippen molar-refractivity contribution < 1.29 is 9.45 Å². The highest BCUT2D eigenvalue weighted by Gasteiger charge is 2.15. The Morgan fingerprint density at radius 3 is 2.91 bits per heavy atom. The van der Waals surface area contributed by atoms with Gasteiger partial charge < -0.3 is 9.84 Å². The molecule has 0 aliphatic carbocycles. The second-order valence-corrected chi connectivity index (χ2v) is 6.08. The number of hydrogen-bond acceptors (Lipinski definition) is 7. The first-order chi connectivity index (χ1) is 10.6. The van der Waals surface area contributed by atoms with Crippen LogP contribution in [0.2, 0.25) is 0 Å². The fraction of sp³-hybridized carbons (Fsp3) is 0.286. The molecule has 7 nitrogen and oxygen atoms in total. The second kappa shape index (κ2) is 7.03. The molecule has 2 heterocycles. The predicted octanol–water partition coefficient (Wildman–Crippen LogP) is 3.43. The molecule has 122 valence electrons. The van der Waals surface area contributed by atoms with Gasteiger partial charge in [0, 0.05) is 34.7 Å². The zero-order valence-electron chi connectivity index (χ0n) is 12.5. The number of nitro benzene ring substituents is 1. The Hall–Kier alpha value is -2.03. The van der Waals surface area contributed by atoms with Crippen LogP contribution in [0.3, 0.4) is 0 Å². The van der Waals surface area contributed by atoms with E-state index >= 15 is 0 Å². The summed E-state index contributed by atoms with van der Waals surface area (Å²) in [4.78, 5) is 15.6. The normalized spacial score (nSPS) is 12.1. The van der Waals surface area contributed by atoms with Gasteiger partial charge in [-0.3, -0.25) is 10.1 Å². The SMILES string of the molecule is CNC(C)Cc1noc(-c2cc3cc([N+](=O)[O-])ccc3s2)n1.Cl. The van der Waals surface area contributed by atoms with Crippen LogP contribution >= 0.6 is 23.7 Å². The van der Waals surface area contributed by atoms with Crippen molar-refractivity contribution in [2.45, 2.75) is 19.4 Å². The third-order valence-electron chi connectivity index (χ3n) is 3.37. The highest BCUT2D eigenvalue weighted by molar-refractivity contribution is 7.22. The van der Waals surface area contributed by atoms with Crippen molar-refractivity contribution in [1.82, 2.24) is 15.5 Å². The van der Waals surface area contributed by atoms with E-state index in [9.17, 15) is 10.1 Å². The molecule has 3 aromatic rings. The van der Waals surface area contributed by atoms with Crippen molar-refractivity contribution in [2.24, 2.45) is 0 Å². The summed E-state index contributed by atoms with van der Waals surface area (Å²) in [6, 6.07) is 6.88. The highest BCUT2D eigenvalue weighted by atomic mass is 35.5. The van der Waals surface area contributed by atoms with Gasteiger partial charge in [-0.05, 0) is 26.1 Å². The number of halogens is 1. The number of nitrogens with one attached hydrogen (secondary N) is 1. The molecule has 0 bridgehead atoms. The Labute approximate surface area is 142 Å². The molecule has 2 aromatic heterocycles. The quantitative estimate of drug-likeness (QED) is 0.557. The Balaban J connectivity index is 0.00000192. The van der Waals surface area contributed by atoms with Crippen LogP contribution in [-0.2, 0) is 6.42 Å². The monoisotopic (exact) mass is 354 g/mol. The minimum Gasteiger partial charge on any atom is -0.333 e. The molecule has 3 rings (SSSR count). The van der Waals surface area contributed by atoms with Crippen molar-refractivity contribution >= 4 is 39.5 Å². The summed E-state index contributed by atoms with van der Waals surface area (Å²) in [5, 5.41) is 18.7. The van der Waals surface area contributed by atoms with Gasteiger partial charge >= 0.3 is 0 Å². The number of fused-ring (bicyclic) bond motifs is 1. The van der Waals surface area contributed by atoms with Crippen LogP contribution in [0.1, 0.15) is 12.7 Å². The summed E-state index contributed by atoms with van der Waals surface area (Å²) in [6.07, 6.45) is 0.677. The van der Waals surface area contributed by atoms with E-state index < -0.39 is 4.92 Å². The number of rotatable bonds is 5. The minimum absolute atomic E-state index is 0. The summed E-state index contributed by atoms with van der Waals surface area (Å²) in [5.74, 6) is 1.09. The third kappa shape index (κ3) is 3.66. The van der Waals surface area contributed by atoms with Gasteiger partial charge in [-0.1, -0.05) is 5.16 Å². The zero-order valence-corrected chi connectivity index (χ0v) is 14.1. The van der Waals surface area contributed by atoms with Gasteiger partial charge in [0.25, 0.3) is 11.6 Å². The molecule has 23 heavy (non-hydrogen) atoms. The van der Waals surface area contributed by atoms with Crippen molar-refractivity contribution in [2.75, 3.05) is 7.05 Å². The van der Waals surface area contributed by atoms with Crippen LogP contribution in [0.15, 0.2) is 28.8 Å². The average molecular weight is 355 g/mol. The average Bonchev–Trinajstić information content (AvgIpc) is 3.12. The minimum atomic E-state index is -0.402. The van der Waals surface area contributed by atoms with E-state index in [0.29, 0.717) is 18.1 Å². The lowest BCUT2D eigenvalue weighted by atomic mass is 10.2. The third-order valence-corrected chi connectivity index (χ3v) is 4.48. The Bertz CT molecular complexity index is 832. The maximum Gasteiger partial charge on any atom is 0.270 e. The number of thiophene rings is 1. The topological polar surface area (TPSA) is 94.1 Å². The fourth-order valence-corrected chi connectivity index (χ4v) is 3.03. The molecule has 0 amide bonds. The predicted molar refractivity (Wildman–Crippen MR) is 91.2 cm³/mol. The highest BCUT2D eigenvalue weighted by Crippen LogP contribution is 2.34. The molecule has 1 aromatic carbocycles. The van der Waals surface area contributed by atoms with Crippen LogP contribution < -0.4 is 5.32 Å². The molecule has 1 atom stereocenters. The van der Waals surface area contributed by atoms with Crippen molar-refractivity contribution in [3.8, 4) is 10.8 Å². The summed E-state index contributed by atoms with van der Waals surface area (Å²) in [7, 11) is 1.88. The summed E-state index contributed by atoms with van der Waals surface area (Å²) in [6.45, 7) is 2.04. The summed E-state index contributed by atoms with van der Waals surface area (Å²) in [5.41, 5.74) is 0.0749. The maximum atomic E-state index is 10.8. The molecule has 0 fully saturated rings. The molecule has 0 spiro atoms. The molecular formula is C14H15ClN4O3S. The van der Waals surface area contributed by atoms with Crippen molar-refractivity contribution in [3.05, 3.63) is 40.2 Å². The van der Waals surface area contributed by atoms with Crippen LogP contribution in [0.5, 0.6) is 0 Å². The van der Waals surface area contributed by atoms with Crippen LogP contribution in [0.25, 0.3) is 20.9 Å². The van der Waals surface area contributed by atoms with Crippen LogP contribution in [0, 0.1) is 10.1 Å². The summed E-state index contributed by atoms with van der Waals surface area (Å²) >= 11 is 1.47. The molecule has 1 N–H and O–H groups in total. The molecular weight excluding hydrogens is 340 g/mol. The van der Waals surface area contributed by atoms with Gasteiger partial charge in [-0.2, -0.15) is 4.98 Å². The van der Waals surface area contributed by atoms with E-state index in [1.54, 1.807) is 12.1 Å². The number of nitro groups is 1. The Morgan fingerprint density at radius 2 is 2.22 bits per heavy atom. The molecule has 0 aliphatic rings. The van der Waals surface area contributed by atoms with E-state index in [1.165, 1.54) is 17.4 Å². The van der Waals surface area contributed by atoms with Gasteiger partial charge in [0.05, 0.1) is 9.80 Å². The second-order valence-electron chi connectivity index (χ2n) is 5.00. The maximum absolute atomic E-state index is 10.8. The Kier molecular flexibility index (Phi) is 5.30. The molecule has 0 saturated heterocycles. The smallest absolute Gasteiger partial charge is 0.270 e. The van der Waals surface area contributed by atoms with Gasteiger partial charge in [0.15, 0.2) is 5.82 Å². The number of aromatic nitrogens is 2. The molecule has 9 heteroatoms. The number of likely N-dealkylation sites (N-methyl/N-ethyl adjacent to an activating group) is 1. The number of nitrogens with zero attached hydrogens (tertiary/aromatic N) is 3. The lowest BCUT2D eigenvalue weighted by Crippen LogP contribution is -2.24. The van der Waals surface area contributed by atoms with Gasteiger partial charge in [-0.15, -0.1) is 23.7 Å². The van der Waals surface area contributed by atoms with E-state index in [1.807, 2.05) is 20.0 Å². The van der Waals surface area contributed by atoms with Crippen molar-refractivity contribution in [3.63, 3.8) is 0 Å². The lowest BCUT2D eigenvalue weighted by Gasteiger charge is -2.04. The zero-order chi connectivity index (χ0) is 15.7. The van der Waals surface area contributed by atoms with Gasteiger partial charge in [0.2, 0.25) is 0 Å². The molecule has 0 aliphatic heterocycles.